The number of hydrogen-bond donors (Lipinski definition) is 1. The van der Waals surface area contributed by atoms with Crippen molar-refractivity contribution in [2.45, 2.75) is 0 Å². The summed E-state index contributed by atoms with van der Waals surface area (Å²) < 4.78 is 5.17. The van der Waals surface area contributed by atoms with Gasteiger partial charge in [-0.2, -0.15) is 0 Å². The van der Waals surface area contributed by atoms with Gasteiger partial charge in [0.2, 0.25) is 0 Å². The number of aromatic nitrogens is 2. The van der Waals surface area contributed by atoms with Crippen LogP contribution < -0.4 is 10.3 Å². The van der Waals surface area contributed by atoms with Crippen molar-refractivity contribution < 1.29 is 4.74 Å². The normalized spacial score (nSPS) is 10.1. The minimum atomic E-state index is -0.226. The second-order valence-corrected chi connectivity index (χ2v) is 3.58. The zero-order chi connectivity index (χ0) is 11.5. The summed E-state index contributed by atoms with van der Waals surface area (Å²) in [6.07, 6.45) is 2.82. The summed E-state index contributed by atoms with van der Waals surface area (Å²) in [4.78, 5) is 18.0. The first-order valence-corrected chi connectivity index (χ1v) is 4.97. The van der Waals surface area contributed by atoms with E-state index in [0.29, 0.717) is 21.9 Å². The maximum Gasteiger partial charge on any atom is 0.258 e. The molecule has 0 unspecified atom stereocenters. The molecule has 1 aromatic carbocycles. The Morgan fingerprint density at radius 2 is 2.19 bits per heavy atom. The van der Waals surface area contributed by atoms with Crippen molar-refractivity contribution in [3.8, 4) is 16.9 Å². The average Bonchev–Trinajstić information content (AvgIpc) is 2.29. The van der Waals surface area contributed by atoms with E-state index in [1.165, 1.54) is 19.6 Å². The summed E-state index contributed by atoms with van der Waals surface area (Å²) in [5, 5.41) is 0.541. The van der Waals surface area contributed by atoms with Gasteiger partial charge < -0.3 is 9.72 Å². The molecule has 0 spiro atoms. The molecule has 1 heterocycles. The molecule has 0 saturated carbocycles. The molecule has 2 aromatic rings. The van der Waals surface area contributed by atoms with Gasteiger partial charge in [0.1, 0.15) is 5.75 Å². The number of H-pyrrole nitrogens is 1. The molecule has 16 heavy (non-hydrogen) atoms. The van der Waals surface area contributed by atoms with Crippen molar-refractivity contribution in [3.05, 3.63) is 46.1 Å². The van der Waals surface area contributed by atoms with Gasteiger partial charge >= 0.3 is 0 Å². The number of methoxy groups -OCH3 is 1. The first kappa shape index (κ1) is 10.7. The standard InChI is InChI=1S/C11H9ClN2O2/c1-16-10-3-2-7(12)4-8(10)9-5-13-6-14-11(9)15/h2-6H,1H3,(H,13,14,15). The lowest BCUT2D eigenvalue weighted by Gasteiger charge is -2.07. The van der Waals surface area contributed by atoms with Crippen molar-refractivity contribution in [2.24, 2.45) is 0 Å². The van der Waals surface area contributed by atoms with Gasteiger partial charge in [0.25, 0.3) is 5.56 Å². The summed E-state index contributed by atoms with van der Waals surface area (Å²) >= 11 is 5.89. The molecule has 1 N–H and O–H groups in total. The Bertz CT molecular complexity index is 566. The van der Waals surface area contributed by atoms with Crippen molar-refractivity contribution >= 4 is 11.6 Å². The summed E-state index contributed by atoms with van der Waals surface area (Å²) in [6.45, 7) is 0. The molecule has 0 aliphatic carbocycles. The van der Waals surface area contributed by atoms with Gasteiger partial charge in [-0.25, -0.2) is 4.98 Å². The summed E-state index contributed by atoms with van der Waals surface area (Å²) in [6, 6.07) is 5.09. The van der Waals surface area contributed by atoms with Crippen molar-refractivity contribution in [2.75, 3.05) is 7.11 Å². The molecule has 0 saturated heterocycles. The Kier molecular flexibility index (Phi) is 2.92. The summed E-state index contributed by atoms with van der Waals surface area (Å²) in [7, 11) is 1.54. The molecular formula is C11H9ClN2O2. The third-order valence-corrected chi connectivity index (χ3v) is 2.41. The Hall–Kier alpha value is -1.81. The van der Waals surface area contributed by atoms with E-state index in [2.05, 4.69) is 9.97 Å². The van der Waals surface area contributed by atoms with Gasteiger partial charge in [-0.15, -0.1) is 0 Å². The van der Waals surface area contributed by atoms with Crippen LogP contribution in [0, 0.1) is 0 Å². The van der Waals surface area contributed by atoms with Crippen LogP contribution in [0.15, 0.2) is 35.5 Å². The van der Waals surface area contributed by atoms with Crippen LogP contribution in [0.5, 0.6) is 5.75 Å². The first-order chi connectivity index (χ1) is 7.72. The maximum atomic E-state index is 11.6. The molecule has 5 heteroatoms. The highest BCUT2D eigenvalue weighted by Crippen LogP contribution is 2.29. The maximum absolute atomic E-state index is 11.6. The van der Waals surface area contributed by atoms with Crippen molar-refractivity contribution in [1.82, 2.24) is 9.97 Å². The van der Waals surface area contributed by atoms with Crippen LogP contribution in [-0.2, 0) is 0 Å². The lowest BCUT2D eigenvalue weighted by atomic mass is 10.1. The van der Waals surface area contributed by atoms with Crippen molar-refractivity contribution in [1.29, 1.82) is 0 Å². The monoisotopic (exact) mass is 236 g/mol. The fourth-order valence-corrected chi connectivity index (χ4v) is 1.60. The molecule has 0 atom stereocenters. The number of ether oxygens (including phenoxy) is 1. The number of nitrogens with zero attached hydrogens (tertiary/aromatic N) is 1. The molecule has 0 radical (unpaired) electrons. The second-order valence-electron chi connectivity index (χ2n) is 3.14. The van der Waals surface area contributed by atoms with Gasteiger partial charge in [-0.1, -0.05) is 11.6 Å². The largest absolute Gasteiger partial charge is 0.496 e. The van der Waals surface area contributed by atoms with Gasteiger partial charge in [0, 0.05) is 16.8 Å². The van der Waals surface area contributed by atoms with E-state index in [4.69, 9.17) is 16.3 Å². The molecular weight excluding hydrogens is 228 g/mol. The number of rotatable bonds is 2. The third-order valence-electron chi connectivity index (χ3n) is 2.17. The van der Waals surface area contributed by atoms with Crippen LogP contribution in [0.2, 0.25) is 5.02 Å². The first-order valence-electron chi connectivity index (χ1n) is 4.59. The fourth-order valence-electron chi connectivity index (χ4n) is 1.43. The van der Waals surface area contributed by atoms with Crippen LogP contribution in [0.1, 0.15) is 0 Å². The van der Waals surface area contributed by atoms with Gasteiger partial charge in [-0.3, -0.25) is 4.79 Å². The molecule has 0 aliphatic heterocycles. The highest BCUT2D eigenvalue weighted by atomic mass is 35.5. The predicted molar refractivity (Wildman–Crippen MR) is 61.9 cm³/mol. The Morgan fingerprint density at radius 1 is 1.38 bits per heavy atom. The Balaban J connectivity index is 2.68. The minimum Gasteiger partial charge on any atom is -0.496 e. The zero-order valence-electron chi connectivity index (χ0n) is 8.53. The quantitative estimate of drug-likeness (QED) is 0.869. The molecule has 2 rings (SSSR count). The number of benzene rings is 1. The Labute approximate surface area is 96.9 Å². The van der Waals surface area contributed by atoms with E-state index in [9.17, 15) is 4.79 Å². The number of nitrogens with one attached hydrogen (secondary N) is 1. The third kappa shape index (κ3) is 1.92. The molecule has 0 bridgehead atoms. The van der Waals surface area contributed by atoms with E-state index >= 15 is 0 Å². The van der Waals surface area contributed by atoms with Crippen LogP contribution in [0.25, 0.3) is 11.1 Å². The van der Waals surface area contributed by atoms with E-state index in [1.807, 2.05) is 0 Å². The van der Waals surface area contributed by atoms with Crippen LogP contribution in [0.4, 0.5) is 0 Å². The van der Waals surface area contributed by atoms with Gasteiger partial charge in [0.15, 0.2) is 0 Å². The smallest absolute Gasteiger partial charge is 0.258 e. The minimum absolute atomic E-state index is 0.226. The van der Waals surface area contributed by atoms with Crippen LogP contribution >= 0.6 is 11.6 Å². The van der Waals surface area contributed by atoms with Gasteiger partial charge in [-0.05, 0) is 18.2 Å². The molecule has 4 nitrogen and oxygen atoms in total. The Morgan fingerprint density at radius 3 is 2.88 bits per heavy atom. The van der Waals surface area contributed by atoms with E-state index in [1.54, 1.807) is 18.2 Å². The topological polar surface area (TPSA) is 55.0 Å². The van der Waals surface area contributed by atoms with E-state index < -0.39 is 0 Å². The molecule has 1 aromatic heterocycles. The van der Waals surface area contributed by atoms with E-state index in [-0.39, 0.29) is 5.56 Å². The highest BCUT2D eigenvalue weighted by molar-refractivity contribution is 6.31. The average molecular weight is 237 g/mol. The number of hydrogen-bond acceptors (Lipinski definition) is 3. The van der Waals surface area contributed by atoms with Crippen LogP contribution in [-0.4, -0.2) is 17.1 Å². The van der Waals surface area contributed by atoms with Crippen LogP contribution in [0.3, 0.4) is 0 Å². The summed E-state index contributed by atoms with van der Waals surface area (Å²) in [5.41, 5.74) is 0.835. The SMILES string of the molecule is COc1ccc(Cl)cc1-c1cnc[nH]c1=O. The molecule has 0 amide bonds. The number of halogens is 1. The van der Waals surface area contributed by atoms with E-state index in [0.717, 1.165) is 0 Å². The molecule has 0 fully saturated rings. The van der Waals surface area contributed by atoms with Crippen molar-refractivity contribution in [3.63, 3.8) is 0 Å². The lowest BCUT2D eigenvalue weighted by Crippen LogP contribution is -2.09. The molecule has 0 aliphatic rings. The number of aromatic amines is 1. The second kappa shape index (κ2) is 4.37. The zero-order valence-corrected chi connectivity index (χ0v) is 9.28. The highest BCUT2D eigenvalue weighted by Gasteiger charge is 2.09. The fraction of sp³-hybridized carbons (Fsp3) is 0.0909. The summed E-state index contributed by atoms with van der Waals surface area (Å²) in [5.74, 6) is 0.586. The van der Waals surface area contributed by atoms with Gasteiger partial charge in [0.05, 0.1) is 19.0 Å². The lowest BCUT2D eigenvalue weighted by molar-refractivity contribution is 0.416. The predicted octanol–water partition coefficient (Wildman–Crippen LogP) is 2.10. The molecule has 82 valence electrons.